The Morgan fingerprint density at radius 1 is 0.943 bits per heavy atom. The molecule has 0 saturated heterocycles. The highest BCUT2D eigenvalue weighted by molar-refractivity contribution is 6.09. The van der Waals surface area contributed by atoms with E-state index in [2.05, 4.69) is 81.6 Å². The summed E-state index contributed by atoms with van der Waals surface area (Å²) in [7, 11) is 0. The predicted octanol–water partition coefficient (Wildman–Crippen LogP) is 7.57. The molecule has 4 heteroatoms. The Bertz CT molecular complexity index is 1350. The van der Waals surface area contributed by atoms with Gasteiger partial charge in [-0.25, -0.2) is 4.39 Å². The molecule has 0 spiro atoms. The summed E-state index contributed by atoms with van der Waals surface area (Å²) in [5, 5.41) is 3.70. The minimum absolute atomic E-state index is 0.0591. The first-order valence-corrected chi connectivity index (χ1v) is 12.2. The maximum absolute atomic E-state index is 13.7. The molecule has 0 bridgehead atoms. The molecule has 3 aromatic rings. The third-order valence-electron chi connectivity index (χ3n) is 7.53. The van der Waals surface area contributed by atoms with E-state index in [1.807, 2.05) is 18.7 Å². The first-order chi connectivity index (χ1) is 16.4. The molecule has 3 aromatic carbocycles. The van der Waals surface area contributed by atoms with Gasteiger partial charge in [-0.2, -0.15) is 0 Å². The van der Waals surface area contributed by atoms with Gasteiger partial charge in [0.1, 0.15) is 5.82 Å². The molecule has 0 unspecified atom stereocenters. The van der Waals surface area contributed by atoms with E-state index in [4.69, 9.17) is 0 Å². The molecule has 180 valence electrons. The van der Waals surface area contributed by atoms with Crippen LogP contribution in [0.15, 0.2) is 72.8 Å². The van der Waals surface area contributed by atoms with E-state index in [1.165, 1.54) is 28.9 Å². The largest absolute Gasteiger partial charge is 0.380 e. The van der Waals surface area contributed by atoms with Crippen LogP contribution >= 0.6 is 0 Å². The van der Waals surface area contributed by atoms with Gasteiger partial charge in [0, 0.05) is 27.8 Å². The first kappa shape index (κ1) is 23.3. The first-order valence-electron chi connectivity index (χ1n) is 12.2. The number of benzene rings is 3. The van der Waals surface area contributed by atoms with Crippen molar-refractivity contribution in [1.82, 2.24) is 0 Å². The van der Waals surface area contributed by atoms with Crippen molar-refractivity contribution in [3.05, 3.63) is 101 Å². The fourth-order valence-electron chi connectivity index (χ4n) is 6.18. The molecule has 35 heavy (non-hydrogen) atoms. The molecule has 1 N–H and O–H groups in total. The third kappa shape index (κ3) is 3.85. The number of hydrogen-bond donors (Lipinski definition) is 1. The van der Waals surface area contributed by atoms with Crippen molar-refractivity contribution in [3.63, 3.8) is 0 Å². The van der Waals surface area contributed by atoms with Crippen molar-refractivity contribution >= 4 is 22.9 Å². The number of amides is 1. The second-order valence-electron chi connectivity index (χ2n) is 11.4. The van der Waals surface area contributed by atoms with Crippen molar-refractivity contribution in [2.75, 3.05) is 10.2 Å². The van der Waals surface area contributed by atoms with Crippen molar-refractivity contribution < 1.29 is 9.18 Å². The number of rotatable bonds is 2. The number of anilines is 2. The number of hydrogen-bond acceptors (Lipinski definition) is 2. The number of allylic oxidation sites excluding steroid dienone is 1. The van der Waals surface area contributed by atoms with Crippen LogP contribution in [0.25, 0.3) is 5.57 Å². The average molecular weight is 469 g/mol. The topological polar surface area (TPSA) is 32.3 Å². The Kier molecular flexibility index (Phi) is 5.21. The van der Waals surface area contributed by atoms with Crippen LogP contribution in [0.5, 0.6) is 0 Å². The number of para-hydroxylation sites is 1. The van der Waals surface area contributed by atoms with Crippen molar-refractivity contribution in [1.29, 1.82) is 0 Å². The Balaban J connectivity index is 1.64. The Morgan fingerprint density at radius 2 is 1.63 bits per heavy atom. The van der Waals surface area contributed by atoms with E-state index < -0.39 is 5.54 Å². The number of fused-ring (bicyclic) bond motifs is 2. The fourth-order valence-corrected chi connectivity index (χ4v) is 6.18. The molecule has 5 rings (SSSR count). The zero-order chi connectivity index (χ0) is 25.2. The Labute approximate surface area is 207 Å². The Hall–Kier alpha value is -3.40. The predicted molar refractivity (Wildman–Crippen MR) is 143 cm³/mol. The lowest BCUT2D eigenvalue weighted by atomic mass is 9.65. The molecule has 0 aliphatic carbocycles. The van der Waals surface area contributed by atoms with E-state index in [-0.39, 0.29) is 22.7 Å². The van der Waals surface area contributed by atoms with E-state index in [0.717, 1.165) is 23.2 Å². The quantitative estimate of drug-likeness (QED) is 0.421. The van der Waals surface area contributed by atoms with Gasteiger partial charge in [0.25, 0.3) is 5.91 Å². The summed E-state index contributed by atoms with van der Waals surface area (Å²) in [5.74, 6) is -0.481. The van der Waals surface area contributed by atoms with E-state index >= 15 is 0 Å². The molecular formula is C31H33FN2O. The van der Waals surface area contributed by atoms with Crippen LogP contribution in [-0.4, -0.2) is 17.0 Å². The lowest BCUT2D eigenvalue weighted by Gasteiger charge is -2.47. The molecule has 3 nitrogen and oxygen atoms in total. The smallest absolute Gasteiger partial charge is 0.259 e. The normalized spacial score (nSPS) is 21.9. The molecule has 2 heterocycles. The molecule has 2 aliphatic heterocycles. The van der Waals surface area contributed by atoms with Gasteiger partial charge < -0.3 is 5.32 Å². The van der Waals surface area contributed by atoms with Crippen LogP contribution < -0.4 is 10.2 Å². The van der Waals surface area contributed by atoms with Crippen LogP contribution in [0, 0.1) is 5.82 Å². The highest BCUT2D eigenvalue weighted by atomic mass is 19.1. The molecule has 1 atom stereocenters. The van der Waals surface area contributed by atoms with Gasteiger partial charge in [-0.1, -0.05) is 37.3 Å². The molecule has 1 amide bonds. The van der Waals surface area contributed by atoms with Crippen LogP contribution in [0.4, 0.5) is 15.8 Å². The highest BCUT2D eigenvalue weighted by Crippen LogP contribution is 2.49. The summed E-state index contributed by atoms with van der Waals surface area (Å²) in [6.45, 7) is 13.0. The lowest BCUT2D eigenvalue weighted by molar-refractivity contribution is 0.0970. The average Bonchev–Trinajstić information content (AvgIpc) is 2.78. The third-order valence-corrected chi connectivity index (χ3v) is 7.53. The van der Waals surface area contributed by atoms with Crippen molar-refractivity contribution in [2.24, 2.45) is 0 Å². The minimum atomic E-state index is -0.517. The molecule has 0 fully saturated rings. The van der Waals surface area contributed by atoms with Gasteiger partial charge in [0.05, 0.1) is 11.2 Å². The fraction of sp³-hybridized carbons (Fsp3) is 0.323. The highest BCUT2D eigenvalue weighted by Gasteiger charge is 2.43. The molecule has 0 aromatic heterocycles. The van der Waals surface area contributed by atoms with E-state index in [0.29, 0.717) is 5.56 Å². The van der Waals surface area contributed by atoms with Crippen LogP contribution in [-0.2, 0) is 5.41 Å². The van der Waals surface area contributed by atoms with Crippen molar-refractivity contribution in [3.8, 4) is 0 Å². The summed E-state index contributed by atoms with van der Waals surface area (Å²) in [6.07, 6.45) is 3.10. The summed E-state index contributed by atoms with van der Waals surface area (Å²) in [6, 6.07) is 20.9. The van der Waals surface area contributed by atoms with Gasteiger partial charge in [0.15, 0.2) is 0 Å². The standard InChI is InChI=1S/C31H33FN2O/c1-20-18-30(4,5)34(28(35)21-11-14-23(32)15-12-21)27-16-13-22(17-24(20)27)31(6)19-29(2,3)33-26-10-8-7-9-25(26)31/h7-18,33H,19H2,1-6H3/t31-/m1/s1. The second kappa shape index (κ2) is 7.81. The molecule has 0 saturated carbocycles. The van der Waals surface area contributed by atoms with Gasteiger partial charge >= 0.3 is 0 Å². The minimum Gasteiger partial charge on any atom is -0.380 e. The van der Waals surface area contributed by atoms with Crippen molar-refractivity contribution in [2.45, 2.75) is 64.5 Å². The number of nitrogens with one attached hydrogen (secondary N) is 1. The maximum atomic E-state index is 13.7. The zero-order valence-electron chi connectivity index (χ0n) is 21.4. The Morgan fingerprint density at radius 3 is 2.34 bits per heavy atom. The SMILES string of the molecule is CC1=CC(C)(C)N(C(=O)c2ccc(F)cc2)c2ccc([C@@]3(C)CC(C)(C)Nc4ccccc43)cc21. The molecule has 2 aliphatic rings. The number of halogens is 1. The molecular weight excluding hydrogens is 435 g/mol. The van der Waals surface area contributed by atoms with Gasteiger partial charge in [-0.15, -0.1) is 0 Å². The zero-order valence-corrected chi connectivity index (χ0v) is 21.4. The van der Waals surface area contributed by atoms with Gasteiger partial charge in [0.2, 0.25) is 0 Å². The van der Waals surface area contributed by atoms with Gasteiger partial charge in [-0.3, -0.25) is 9.69 Å². The summed E-state index contributed by atoms with van der Waals surface area (Å²) >= 11 is 0. The summed E-state index contributed by atoms with van der Waals surface area (Å²) < 4.78 is 13.5. The number of carbonyl (C=O) groups excluding carboxylic acids is 1. The van der Waals surface area contributed by atoms with E-state index in [9.17, 15) is 9.18 Å². The van der Waals surface area contributed by atoms with Gasteiger partial charge in [-0.05, 0) is 100 Å². The van der Waals surface area contributed by atoms with E-state index in [1.54, 1.807) is 12.1 Å². The monoisotopic (exact) mass is 468 g/mol. The summed E-state index contributed by atoms with van der Waals surface area (Å²) in [5.41, 5.74) is 6.52. The summed E-state index contributed by atoms with van der Waals surface area (Å²) in [4.78, 5) is 15.5. The van der Waals surface area contributed by atoms with Crippen LogP contribution in [0.2, 0.25) is 0 Å². The van der Waals surface area contributed by atoms with Crippen LogP contribution in [0.1, 0.15) is 75.0 Å². The lowest BCUT2D eigenvalue weighted by Crippen LogP contribution is -2.49. The molecule has 0 radical (unpaired) electrons. The van der Waals surface area contributed by atoms with Crippen LogP contribution in [0.3, 0.4) is 0 Å². The number of carbonyl (C=O) groups is 1. The number of nitrogens with zero attached hydrogens (tertiary/aromatic N) is 1. The maximum Gasteiger partial charge on any atom is 0.259 e. The second-order valence-corrected chi connectivity index (χ2v) is 11.4.